The van der Waals surface area contributed by atoms with Gasteiger partial charge in [0.25, 0.3) is 0 Å². The van der Waals surface area contributed by atoms with Crippen LogP contribution in [0.5, 0.6) is 0 Å². The maximum atomic E-state index is 5.76. The fourth-order valence-corrected chi connectivity index (χ4v) is 3.49. The summed E-state index contributed by atoms with van der Waals surface area (Å²) in [6.07, 6.45) is 0. The van der Waals surface area contributed by atoms with Gasteiger partial charge in [0, 0.05) is 22.3 Å². The van der Waals surface area contributed by atoms with E-state index in [1.165, 1.54) is 33.9 Å². The number of nitrogen functional groups attached to an aromatic ring is 1. The first-order valence-corrected chi connectivity index (χ1v) is 7.90. The quantitative estimate of drug-likeness (QED) is 0.777. The van der Waals surface area contributed by atoms with Crippen LogP contribution in [0.3, 0.4) is 0 Å². The molecular weight excluding hydrogens is 278 g/mol. The molecule has 3 aromatic rings. The molecule has 0 unspecified atom stereocenters. The lowest BCUT2D eigenvalue weighted by Crippen LogP contribution is -2.10. The van der Waals surface area contributed by atoms with E-state index in [2.05, 4.69) is 66.7 Å². The summed E-state index contributed by atoms with van der Waals surface area (Å²) in [5, 5.41) is 2.64. The standard InChI is InChI=1S/C17H19N3S/c1-11-9-15(16-10-21-17(18)19-16)13(3)20(11)12(2)14-7-5-4-6-8-14/h4-10,12H,1-3H3,(H2,18,19)/t12-/m1/s1. The Balaban J connectivity index is 2.06. The first-order valence-electron chi connectivity index (χ1n) is 7.02. The third-order valence-electron chi connectivity index (χ3n) is 3.95. The lowest BCUT2D eigenvalue weighted by atomic mass is 10.1. The van der Waals surface area contributed by atoms with Crippen LogP contribution in [0, 0.1) is 13.8 Å². The van der Waals surface area contributed by atoms with Gasteiger partial charge in [0.05, 0.1) is 11.7 Å². The summed E-state index contributed by atoms with van der Waals surface area (Å²) >= 11 is 1.49. The smallest absolute Gasteiger partial charge is 0.180 e. The van der Waals surface area contributed by atoms with Gasteiger partial charge >= 0.3 is 0 Å². The van der Waals surface area contributed by atoms with E-state index in [0.29, 0.717) is 11.2 Å². The van der Waals surface area contributed by atoms with Crippen LogP contribution in [0.2, 0.25) is 0 Å². The molecule has 1 atom stereocenters. The number of benzene rings is 1. The van der Waals surface area contributed by atoms with Crippen LogP contribution in [0.15, 0.2) is 41.8 Å². The van der Waals surface area contributed by atoms with E-state index in [-0.39, 0.29) is 0 Å². The Morgan fingerprint density at radius 2 is 1.90 bits per heavy atom. The van der Waals surface area contributed by atoms with E-state index >= 15 is 0 Å². The molecule has 0 bridgehead atoms. The Hall–Kier alpha value is -2.07. The molecule has 0 saturated heterocycles. The second-order valence-electron chi connectivity index (χ2n) is 5.31. The highest BCUT2D eigenvalue weighted by atomic mass is 32.1. The Kier molecular flexibility index (Phi) is 3.55. The Morgan fingerprint density at radius 1 is 1.19 bits per heavy atom. The highest BCUT2D eigenvalue weighted by Crippen LogP contribution is 2.32. The summed E-state index contributed by atoms with van der Waals surface area (Å²) in [5.41, 5.74) is 11.7. The van der Waals surface area contributed by atoms with Gasteiger partial charge in [-0.3, -0.25) is 0 Å². The molecule has 4 heteroatoms. The predicted octanol–water partition coefficient (Wildman–Crippen LogP) is 4.42. The molecule has 3 rings (SSSR count). The summed E-state index contributed by atoms with van der Waals surface area (Å²) in [6.45, 7) is 6.53. The molecular formula is C17H19N3S. The topological polar surface area (TPSA) is 43.8 Å². The summed E-state index contributed by atoms with van der Waals surface area (Å²) in [4.78, 5) is 4.41. The van der Waals surface area contributed by atoms with Gasteiger partial charge in [-0.1, -0.05) is 30.3 Å². The van der Waals surface area contributed by atoms with E-state index in [4.69, 9.17) is 5.73 Å². The lowest BCUT2D eigenvalue weighted by Gasteiger charge is -2.19. The van der Waals surface area contributed by atoms with Crippen molar-refractivity contribution in [2.45, 2.75) is 26.8 Å². The molecule has 0 spiro atoms. The number of anilines is 1. The molecule has 21 heavy (non-hydrogen) atoms. The van der Waals surface area contributed by atoms with Crippen molar-refractivity contribution in [1.82, 2.24) is 9.55 Å². The highest BCUT2D eigenvalue weighted by molar-refractivity contribution is 7.13. The summed E-state index contributed by atoms with van der Waals surface area (Å²) in [5.74, 6) is 0. The minimum absolute atomic E-state index is 0.302. The predicted molar refractivity (Wildman–Crippen MR) is 89.7 cm³/mol. The van der Waals surface area contributed by atoms with Crippen molar-refractivity contribution in [3.05, 3.63) is 58.7 Å². The van der Waals surface area contributed by atoms with Crippen molar-refractivity contribution in [2.75, 3.05) is 5.73 Å². The van der Waals surface area contributed by atoms with Gasteiger partial charge in [0.1, 0.15) is 0 Å². The number of thiazole rings is 1. The molecule has 0 saturated carbocycles. The van der Waals surface area contributed by atoms with Crippen molar-refractivity contribution < 1.29 is 0 Å². The summed E-state index contributed by atoms with van der Waals surface area (Å²) in [7, 11) is 0. The van der Waals surface area contributed by atoms with Crippen molar-refractivity contribution in [3.63, 3.8) is 0 Å². The SMILES string of the molecule is Cc1cc(-c2csc(N)n2)c(C)n1[C@H](C)c1ccccc1. The van der Waals surface area contributed by atoms with Crippen LogP contribution in [-0.2, 0) is 0 Å². The Bertz CT molecular complexity index is 756. The minimum atomic E-state index is 0.302. The monoisotopic (exact) mass is 297 g/mol. The average molecular weight is 297 g/mol. The van der Waals surface area contributed by atoms with Gasteiger partial charge in [-0.2, -0.15) is 0 Å². The molecule has 0 aliphatic carbocycles. The van der Waals surface area contributed by atoms with E-state index in [0.717, 1.165) is 5.69 Å². The Morgan fingerprint density at radius 3 is 2.52 bits per heavy atom. The zero-order valence-corrected chi connectivity index (χ0v) is 13.3. The normalized spacial score (nSPS) is 12.5. The zero-order chi connectivity index (χ0) is 15.0. The molecule has 2 N–H and O–H groups in total. The minimum Gasteiger partial charge on any atom is -0.375 e. The number of nitrogens with zero attached hydrogens (tertiary/aromatic N) is 2. The maximum absolute atomic E-state index is 5.76. The van der Waals surface area contributed by atoms with E-state index in [1.54, 1.807) is 0 Å². The van der Waals surface area contributed by atoms with Crippen LogP contribution >= 0.6 is 11.3 Å². The van der Waals surface area contributed by atoms with Gasteiger partial charge in [0.15, 0.2) is 5.13 Å². The van der Waals surface area contributed by atoms with Crippen LogP contribution in [0.25, 0.3) is 11.3 Å². The van der Waals surface area contributed by atoms with Gasteiger partial charge in [-0.15, -0.1) is 11.3 Å². The third-order valence-corrected chi connectivity index (χ3v) is 4.63. The van der Waals surface area contributed by atoms with Crippen LogP contribution in [-0.4, -0.2) is 9.55 Å². The molecule has 0 aliphatic rings. The number of rotatable bonds is 3. The van der Waals surface area contributed by atoms with E-state index in [9.17, 15) is 0 Å². The summed E-state index contributed by atoms with van der Waals surface area (Å²) in [6, 6.07) is 13.1. The number of aromatic nitrogens is 2. The molecule has 0 fully saturated rings. The molecule has 0 radical (unpaired) electrons. The number of hydrogen-bond donors (Lipinski definition) is 1. The van der Waals surface area contributed by atoms with Crippen LogP contribution < -0.4 is 5.73 Å². The van der Waals surface area contributed by atoms with Crippen LogP contribution in [0.4, 0.5) is 5.13 Å². The molecule has 2 aromatic heterocycles. The fourth-order valence-electron chi connectivity index (χ4n) is 2.92. The van der Waals surface area contributed by atoms with Gasteiger partial charge in [-0.05, 0) is 32.4 Å². The maximum Gasteiger partial charge on any atom is 0.180 e. The molecule has 2 heterocycles. The van der Waals surface area contributed by atoms with E-state index < -0.39 is 0 Å². The van der Waals surface area contributed by atoms with Gasteiger partial charge in [0.2, 0.25) is 0 Å². The largest absolute Gasteiger partial charge is 0.375 e. The molecule has 1 aromatic carbocycles. The number of nitrogens with two attached hydrogens (primary N) is 1. The first-order chi connectivity index (χ1) is 10.1. The van der Waals surface area contributed by atoms with E-state index in [1.807, 2.05) is 5.38 Å². The highest BCUT2D eigenvalue weighted by Gasteiger charge is 2.17. The summed E-state index contributed by atoms with van der Waals surface area (Å²) < 4.78 is 2.36. The zero-order valence-electron chi connectivity index (χ0n) is 12.5. The number of aryl methyl sites for hydroxylation is 1. The van der Waals surface area contributed by atoms with Crippen molar-refractivity contribution >= 4 is 16.5 Å². The first kappa shape index (κ1) is 13.9. The number of hydrogen-bond acceptors (Lipinski definition) is 3. The van der Waals surface area contributed by atoms with Crippen molar-refractivity contribution in [1.29, 1.82) is 0 Å². The molecule has 108 valence electrons. The van der Waals surface area contributed by atoms with Crippen LogP contribution in [0.1, 0.15) is 29.9 Å². The van der Waals surface area contributed by atoms with Crippen molar-refractivity contribution in [2.24, 2.45) is 0 Å². The molecule has 0 amide bonds. The van der Waals surface area contributed by atoms with Crippen molar-refractivity contribution in [3.8, 4) is 11.3 Å². The Labute approximate surface area is 129 Å². The lowest BCUT2D eigenvalue weighted by molar-refractivity contribution is 0.610. The second-order valence-corrected chi connectivity index (χ2v) is 6.20. The average Bonchev–Trinajstić information content (AvgIpc) is 3.03. The molecule has 3 nitrogen and oxygen atoms in total. The van der Waals surface area contributed by atoms with Gasteiger partial charge < -0.3 is 10.3 Å². The second kappa shape index (κ2) is 5.37. The fraction of sp³-hybridized carbons (Fsp3) is 0.235. The third kappa shape index (κ3) is 2.47. The van der Waals surface area contributed by atoms with Gasteiger partial charge in [-0.25, -0.2) is 4.98 Å². The molecule has 0 aliphatic heterocycles.